The summed E-state index contributed by atoms with van der Waals surface area (Å²) in [6.45, 7) is 10.9. The molecule has 0 saturated heterocycles. The number of fused-ring (bicyclic) bond motifs is 13. The van der Waals surface area contributed by atoms with E-state index in [1.165, 1.54) is 55.3 Å². The number of rotatable bonds is 7. The van der Waals surface area contributed by atoms with Gasteiger partial charge in [-0.3, -0.25) is 0 Å². The number of hydrogen-bond donors (Lipinski definition) is 0. The Kier molecular flexibility index (Phi) is 11.6. The fourth-order valence-electron chi connectivity index (χ4n) is 12.1. The molecule has 0 N–H and O–H groups in total. The molecule has 14 rings (SSSR count). The Morgan fingerprint density at radius 3 is 0.795 bits per heavy atom. The average Bonchev–Trinajstić information content (AvgIpc) is 3.88. The molecular weight excluding hydrogens is 964 g/mol. The van der Waals surface area contributed by atoms with Crippen molar-refractivity contribution in [2.24, 2.45) is 0 Å². The van der Waals surface area contributed by atoms with E-state index in [0.717, 1.165) is 110 Å². The van der Waals surface area contributed by atoms with Gasteiger partial charge in [0.05, 0.1) is 5.30 Å². The Bertz CT molecular complexity index is 4470. The van der Waals surface area contributed by atoms with Crippen LogP contribution in [0.5, 0.6) is 0 Å². The molecule has 0 spiro atoms. The van der Waals surface area contributed by atoms with E-state index >= 15 is 0 Å². The van der Waals surface area contributed by atoms with E-state index in [2.05, 4.69) is 277 Å². The van der Waals surface area contributed by atoms with Gasteiger partial charge in [0.1, 0.15) is 0 Å². The highest BCUT2D eigenvalue weighted by Crippen LogP contribution is 2.60. The minimum Gasteiger partial charge on any atom is -0.415 e. The second-order valence-electron chi connectivity index (χ2n) is 21.1. The highest BCUT2D eigenvalue weighted by atomic mass is 31.1. The van der Waals surface area contributed by atoms with E-state index in [1.54, 1.807) is 0 Å². The zero-order valence-corrected chi connectivity index (χ0v) is 45.3. The Hall–Kier alpha value is -9.20. The van der Waals surface area contributed by atoms with Gasteiger partial charge in [-0.15, -0.1) is 0 Å². The molecule has 13 aromatic carbocycles. The van der Waals surface area contributed by atoms with E-state index < -0.39 is 8.01 Å². The van der Waals surface area contributed by atoms with E-state index in [9.17, 15) is 0 Å². The van der Waals surface area contributed by atoms with Gasteiger partial charge in [-0.05, 0) is 134 Å². The monoisotopic (exact) mass is 1020 g/mol. The predicted molar refractivity (Wildman–Crippen MR) is 334 cm³/mol. The molecule has 3 heteroatoms. The van der Waals surface area contributed by atoms with Crippen LogP contribution in [0, 0.1) is 34.6 Å². The molecule has 1 heterocycles. The topological polar surface area (TPSA) is 26.3 Å². The molecule has 0 saturated carbocycles. The van der Waals surface area contributed by atoms with Crippen LogP contribution in [-0.2, 0) is 0 Å². The van der Waals surface area contributed by atoms with Crippen LogP contribution in [0.25, 0.3) is 137 Å². The molecule has 0 atom stereocenters. The molecular formula is C75H55O2P. The molecule has 0 radical (unpaired) electrons. The first-order valence-corrected chi connectivity index (χ1v) is 28.2. The second kappa shape index (κ2) is 19.1. The van der Waals surface area contributed by atoms with E-state index in [-0.39, 0.29) is 0 Å². The van der Waals surface area contributed by atoms with Crippen LogP contribution < -0.4 is 0 Å². The van der Waals surface area contributed by atoms with Gasteiger partial charge < -0.3 is 8.39 Å². The smallest absolute Gasteiger partial charge is 0.253 e. The van der Waals surface area contributed by atoms with Crippen LogP contribution in [0.3, 0.4) is 0 Å². The third-order valence-electron chi connectivity index (χ3n) is 15.9. The molecule has 0 amide bonds. The maximum Gasteiger partial charge on any atom is 0.253 e. The van der Waals surface area contributed by atoms with Gasteiger partial charge in [0.25, 0.3) is 8.01 Å². The largest absolute Gasteiger partial charge is 0.415 e. The highest BCUT2D eigenvalue weighted by Gasteiger charge is 2.31. The van der Waals surface area contributed by atoms with Crippen molar-refractivity contribution in [3.63, 3.8) is 0 Å². The van der Waals surface area contributed by atoms with Gasteiger partial charge >= 0.3 is 0 Å². The SMILES string of the molecule is Cc1ccc(-c2c(-c3ccc(C)cc3)c(-c3ccc(C)cc3)c(-c3ccccc3-p3oc4c5ccccc5c5ccccc5c4c4c5ccccc5c5ccccc5c4o3)c(-c3ccc(C)cc3)c2-c2ccc(C)cc2)cc1. The molecule has 0 bridgehead atoms. The lowest BCUT2D eigenvalue weighted by atomic mass is 9.74. The maximum atomic E-state index is 7.93. The fourth-order valence-corrected chi connectivity index (χ4v) is 13.6. The lowest BCUT2D eigenvalue weighted by Gasteiger charge is -2.29. The van der Waals surface area contributed by atoms with Gasteiger partial charge in [-0.2, -0.15) is 0 Å². The van der Waals surface area contributed by atoms with Crippen molar-refractivity contribution >= 4 is 73.0 Å². The van der Waals surface area contributed by atoms with Crippen molar-refractivity contribution in [1.82, 2.24) is 0 Å². The summed E-state index contributed by atoms with van der Waals surface area (Å²) in [5.74, 6) is 0. The average molecular weight is 1020 g/mol. The van der Waals surface area contributed by atoms with Crippen molar-refractivity contribution in [3.8, 4) is 72.1 Å². The summed E-state index contributed by atoms with van der Waals surface area (Å²) in [5.41, 5.74) is 21.3. The molecule has 372 valence electrons. The summed E-state index contributed by atoms with van der Waals surface area (Å²) in [6, 6.07) is 89.8. The third-order valence-corrected chi connectivity index (χ3v) is 17.4. The molecule has 0 unspecified atom stereocenters. The summed E-state index contributed by atoms with van der Waals surface area (Å²) in [4.78, 5) is 0. The molecule has 78 heavy (non-hydrogen) atoms. The molecule has 1 aromatic heterocycles. The number of aryl methyl sites for hydroxylation is 5. The van der Waals surface area contributed by atoms with Crippen LogP contribution in [0.2, 0.25) is 0 Å². The van der Waals surface area contributed by atoms with Crippen LogP contribution in [0.1, 0.15) is 27.8 Å². The third kappa shape index (κ3) is 7.86. The molecule has 0 aliphatic carbocycles. The maximum absolute atomic E-state index is 7.93. The molecule has 0 aliphatic heterocycles. The van der Waals surface area contributed by atoms with Gasteiger partial charge in [0, 0.05) is 27.1 Å². The summed E-state index contributed by atoms with van der Waals surface area (Å²) < 4.78 is 15.9. The van der Waals surface area contributed by atoms with E-state index in [1.807, 2.05) is 0 Å². The first kappa shape index (κ1) is 47.3. The van der Waals surface area contributed by atoms with Crippen molar-refractivity contribution in [3.05, 3.63) is 270 Å². The van der Waals surface area contributed by atoms with Crippen LogP contribution in [0.15, 0.2) is 251 Å². The number of hydrogen-bond acceptors (Lipinski definition) is 2. The molecule has 0 fully saturated rings. The quantitative estimate of drug-likeness (QED) is 0.149. The molecule has 0 aliphatic rings. The Labute approximate surface area is 456 Å². The van der Waals surface area contributed by atoms with Gasteiger partial charge in [0.2, 0.25) is 0 Å². The fraction of sp³-hybridized carbons (Fsp3) is 0.0667. The Balaban J connectivity index is 1.25. The van der Waals surface area contributed by atoms with Crippen molar-refractivity contribution < 1.29 is 8.39 Å². The zero-order valence-electron chi connectivity index (χ0n) is 44.4. The van der Waals surface area contributed by atoms with E-state index in [4.69, 9.17) is 8.39 Å². The highest BCUT2D eigenvalue weighted by molar-refractivity contribution is 7.46. The lowest BCUT2D eigenvalue weighted by Crippen LogP contribution is -2.02. The zero-order chi connectivity index (χ0) is 52.6. The first-order valence-electron chi connectivity index (χ1n) is 27.0. The second-order valence-corrected chi connectivity index (χ2v) is 22.5. The van der Waals surface area contributed by atoms with Crippen molar-refractivity contribution in [2.75, 3.05) is 0 Å². The molecule has 14 aromatic rings. The lowest BCUT2D eigenvalue weighted by molar-refractivity contribution is 0.655. The molecule has 2 nitrogen and oxygen atoms in total. The Morgan fingerprint density at radius 2 is 0.474 bits per heavy atom. The summed E-state index contributed by atoms with van der Waals surface area (Å²) in [5, 5.41) is 12.1. The van der Waals surface area contributed by atoms with Gasteiger partial charge in [0.15, 0.2) is 11.2 Å². The van der Waals surface area contributed by atoms with Crippen molar-refractivity contribution in [2.45, 2.75) is 34.6 Å². The summed E-state index contributed by atoms with van der Waals surface area (Å²) in [7, 11) is -1.93. The van der Waals surface area contributed by atoms with E-state index in [0.29, 0.717) is 0 Å². The first-order chi connectivity index (χ1) is 38.3. The normalized spacial score (nSPS) is 11.7. The van der Waals surface area contributed by atoms with Gasteiger partial charge in [-0.25, -0.2) is 0 Å². The predicted octanol–water partition coefficient (Wildman–Crippen LogP) is 22.4. The summed E-state index contributed by atoms with van der Waals surface area (Å²) >= 11 is 0. The van der Waals surface area contributed by atoms with Crippen LogP contribution in [-0.4, -0.2) is 0 Å². The summed E-state index contributed by atoms with van der Waals surface area (Å²) in [6.07, 6.45) is 0. The van der Waals surface area contributed by atoms with Gasteiger partial charge in [-0.1, -0.05) is 264 Å². The Morgan fingerprint density at radius 1 is 0.231 bits per heavy atom. The minimum atomic E-state index is -1.93. The van der Waals surface area contributed by atoms with Crippen LogP contribution >= 0.6 is 8.01 Å². The standard InChI is InChI=1S/C75H55O2P/c1-46-26-36-51(37-27-46)66-67(52-38-28-47(2)29-39-52)69(54-42-32-49(4)33-43-54)71(70(55-44-34-50(5)35-45-55)68(66)53-40-30-48(3)31-41-53)64-24-14-15-25-65(64)78-76-74-62-22-12-8-18-58(62)56-16-6-10-20-60(56)72(74)73-61-21-11-7-17-57(61)59-19-9-13-23-63(59)75(73)77-78/h6-45H,1-5H3. The van der Waals surface area contributed by atoms with Crippen LogP contribution in [0.4, 0.5) is 0 Å². The number of benzene rings is 13. The minimum absolute atomic E-state index is 0.831. The van der Waals surface area contributed by atoms with Crippen molar-refractivity contribution in [1.29, 1.82) is 0 Å².